The van der Waals surface area contributed by atoms with Crippen molar-refractivity contribution < 1.29 is 32.8 Å². The van der Waals surface area contributed by atoms with Crippen molar-refractivity contribution in [1.82, 2.24) is 4.90 Å². The first-order chi connectivity index (χ1) is 11.5. The van der Waals surface area contributed by atoms with E-state index in [9.17, 15) is 38.0 Å². The molecule has 1 N–H and O–H groups in total. The van der Waals surface area contributed by atoms with Gasteiger partial charge in [0.15, 0.2) is 0 Å². The summed E-state index contributed by atoms with van der Waals surface area (Å²) in [4.78, 5) is 35.1. The predicted octanol–water partition coefficient (Wildman–Crippen LogP) is 2.94. The number of benzene rings is 1. The van der Waals surface area contributed by atoms with Gasteiger partial charge in [0.2, 0.25) is 0 Å². The summed E-state index contributed by atoms with van der Waals surface area (Å²) in [6.07, 6.45) is -4.07. The van der Waals surface area contributed by atoms with Crippen LogP contribution >= 0.6 is 0 Å². The molecule has 1 aliphatic heterocycles. The first-order valence-electron chi connectivity index (χ1n) is 7.34. The lowest BCUT2D eigenvalue weighted by Crippen LogP contribution is -2.48. The van der Waals surface area contributed by atoms with Crippen molar-refractivity contribution in [2.24, 2.45) is 5.41 Å². The summed E-state index contributed by atoms with van der Waals surface area (Å²) in [6.45, 7) is 1.47. The summed E-state index contributed by atoms with van der Waals surface area (Å²) in [6, 6.07) is 1.67. The van der Waals surface area contributed by atoms with Crippen molar-refractivity contribution in [1.29, 1.82) is 0 Å². The molecule has 7 nitrogen and oxygen atoms in total. The number of carboxylic acid groups (broad SMARTS) is 1. The summed E-state index contributed by atoms with van der Waals surface area (Å²) < 4.78 is 38.2. The molecule has 1 amide bonds. The van der Waals surface area contributed by atoms with Gasteiger partial charge in [0.05, 0.1) is 15.9 Å². The fourth-order valence-corrected chi connectivity index (χ4v) is 2.80. The topological polar surface area (TPSA) is 101 Å². The van der Waals surface area contributed by atoms with E-state index in [0.717, 1.165) is 11.0 Å². The van der Waals surface area contributed by atoms with Crippen LogP contribution in [0.15, 0.2) is 18.2 Å². The molecule has 1 aliphatic rings. The molecule has 0 radical (unpaired) electrons. The Morgan fingerprint density at radius 2 is 2.00 bits per heavy atom. The van der Waals surface area contributed by atoms with E-state index in [1.807, 2.05) is 0 Å². The van der Waals surface area contributed by atoms with Gasteiger partial charge in [0.25, 0.3) is 11.6 Å². The number of carbonyl (C=O) groups excluding carboxylic acids is 1. The number of hydrogen-bond donors (Lipinski definition) is 1. The number of rotatable bonds is 3. The van der Waals surface area contributed by atoms with E-state index in [1.165, 1.54) is 6.92 Å². The molecular formula is C15H15F3N2O5. The van der Waals surface area contributed by atoms with Crippen LogP contribution in [0, 0.1) is 15.5 Å². The third kappa shape index (κ3) is 3.72. The molecule has 136 valence electrons. The smallest absolute Gasteiger partial charge is 0.416 e. The van der Waals surface area contributed by atoms with E-state index < -0.39 is 45.2 Å². The molecule has 0 bridgehead atoms. The van der Waals surface area contributed by atoms with Crippen molar-refractivity contribution in [2.75, 3.05) is 13.1 Å². The van der Waals surface area contributed by atoms with Gasteiger partial charge in [-0.05, 0) is 31.9 Å². The van der Waals surface area contributed by atoms with Gasteiger partial charge in [-0.2, -0.15) is 13.2 Å². The maximum absolute atomic E-state index is 12.7. The SMILES string of the molecule is CC1(C(=O)O)CCCN(C(=O)c2ccc(C(F)(F)F)cc2[N+](=O)[O-])C1. The Morgan fingerprint density at radius 1 is 1.36 bits per heavy atom. The van der Waals surface area contributed by atoms with Crippen LogP contribution in [0.1, 0.15) is 35.7 Å². The largest absolute Gasteiger partial charge is 0.481 e. The minimum Gasteiger partial charge on any atom is -0.481 e. The van der Waals surface area contributed by atoms with Gasteiger partial charge in [-0.25, -0.2) is 0 Å². The highest BCUT2D eigenvalue weighted by Crippen LogP contribution is 2.35. The fraction of sp³-hybridized carbons (Fsp3) is 0.467. The van der Waals surface area contributed by atoms with E-state index in [0.29, 0.717) is 25.0 Å². The number of aliphatic carboxylic acids is 1. The molecule has 1 heterocycles. The molecule has 2 rings (SSSR count). The van der Waals surface area contributed by atoms with Crippen LogP contribution < -0.4 is 0 Å². The van der Waals surface area contributed by atoms with Gasteiger partial charge in [-0.3, -0.25) is 19.7 Å². The van der Waals surface area contributed by atoms with Gasteiger partial charge in [0, 0.05) is 19.2 Å². The average molecular weight is 360 g/mol. The Morgan fingerprint density at radius 3 is 2.52 bits per heavy atom. The van der Waals surface area contributed by atoms with Crippen LogP contribution in [0.25, 0.3) is 0 Å². The summed E-state index contributed by atoms with van der Waals surface area (Å²) >= 11 is 0. The maximum Gasteiger partial charge on any atom is 0.416 e. The standard InChI is InChI=1S/C15H15F3N2O5/c1-14(13(22)23)5-2-6-19(8-14)12(21)10-4-3-9(15(16,17)18)7-11(10)20(24)25/h3-4,7H,2,5-6,8H2,1H3,(H,22,23). The van der Waals surface area contributed by atoms with E-state index in [-0.39, 0.29) is 13.1 Å². The van der Waals surface area contributed by atoms with Crippen LogP contribution in [0.3, 0.4) is 0 Å². The lowest BCUT2D eigenvalue weighted by molar-refractivity contribution is -0.385. The van der Waals surface area contributed by atoms with E-state index >= 15 is 0 Å². The number of nitro benzene ring substituents is 1. The number of halogens is 3. The summed E-state index contributed by atoms with van der Waals surface area (Å²) in [7, 11) is 0. The van der Waals surface area contributed by atoms with Crippen LogP contribution in [0.2, 0.25) is 0 Å². The Labute approximate surface area is 140 Å². The monoisotopic (exact) mass is 360 g/mol. The van der Waals surface area contributed by atoms with Crippen molar-refractivity contribution in [3.8, 4) is 0 Å². The van der Waals surface area contributed by atoms with E-state index in [1.54, 1.807) is 0 Å². The third-order valence-corrected chi connectivity index (χ3v) is 4.25. The van der Waals surface area contributed by atoms with Crippen molar-refractivity contribution in [3.05, 3.63) is 39.4 Å². The van der Waals surface area contributed by atoms with Crippen molar-refractivity contribution in [2.45, 2.75) is 25.9 Å². The minimum absolute atomic E-state index is 0.167. The van der Waals surface area contributed by atoms with Gasteiger partial charge in [-0.15, -0.1) is 0 Å². The Balaban J connectivity index is 2.39. The molecule has 0 spiro atoms. The number of carbonyl (C=O) groups is 2. The minimum atomic E-state index is -4.78. The molecule has 10 heteroatoms. The molecule has 25 heavy (non-hydrogen) atoms. The number of piperidine rings is 1. The van der Waals surface area contributed by atoms with Crippen molar-refractivity contribution >= 4 is 17.6 Å². The summed E-state index contributed by atoms with van der Waals surface area (Å²) in [5.74, 6) is -1.96. The van der Waals surface area contributed by atoms with Crippen LogP contribution in [-0.4, -0.2) is 39.9 Å². The normalized spacial score (nSPS) is 21.0. The Hall–Kier alpha value is -2.65. The first-order valence-corrected chi connectivity index (χ1v) is 7.34. The quantitative estimate of drug-likeness (QED) is 0.660. The van der Waals surface area contributed by atoms with Gasteiger partial charge < -0.3 is 10.0 Å². The highest BCUT2D eigenvalue weighted by molar-refractivity contribution is 5.98. The predicted molar refractivity (Wildman–Crippen MR) is 79.0 cm³/mol. The molecule has 0 saturated carbocycles. The van der Waals surface area contributed by atoms with Crippen LogP contribution in [-0.2, 0) is 11.0 Å². The highest BCUT2D eigenvalue weighted by Gasteiger charge is 2.41. The van der Waals surface area contributed by atoms with E-state index in [4.69, 9.17) is 0 Å². The summed E-state index contributed by atoms with van der Waals surface area (Å²) in [5, 5.41) is 20.4. The molecular weight excluding hydrogens is 345 g/mol. The van der Waals surface area contributed by atoms with Crippen LogP contribution in [0.4, 0.5) is 18.9 Å². The lowest BCUT2D eigenvalue weighted by atomic mass is 9.82. The molecule has 1 fully saturated rings. The van der Waals surface area contributed by atoms with Gasteiger partial charge in [-0.1, -0.05) is 0 Å². The average Bonchev–Trinajstić information content (AvgIpc) is 2.52. The lowest BCUT2D eigenvalue weighted by Gasteiger charge is -2.37. The zero-order valence-electron chi connectivity index (χ0n) is 13.2. The number of likely N-dealkylation sites (tertiary alicyclic amines) is 1. The number of amides is 1. The second kappa shape index (κ2) is 6.34. The van der Waals surface area contributed by atoms with Gasteiger partial charge >= 0.3 is 12.1 Å². The number of nitrogens with zero attached hydrogens (tertiary/aromatic N) is 2. The Bertz CT molecular complexity index is 734. The second-order valence-electron chi connectivity index (χ2n) is 6.18. The molecule has 1 atom stereocenters. The highest BCUT2D eigenvalue weighted by atomic mass is 19.4. The molecule has 0 aliphatic carbocycles. The molecule has 0 aromatic heterocycles. The zero-order chi connectivity index (χ0) is 19.0. The second-order valence-corrected chi connectivity index (χ2v) is 6.18. The molecule has 1 aromatic rings. The summed E-state index contributed by atoms with van der Waals surface area (Å²) in [5.41, 5.74) is -3.88. The Kier molecular flexibility index (Phi) is 4.74. The number of carboxylic acids is 1. The number of hydrogen-bond acceptors (Lipinski definition) is 4. The van der Waals surface area contributed by atoms with Gasteiger partial charge in [0.1, 0.15) is 5.56 Å². The number of alkyl halides is 3. The molecule has 1 saturated heterocycles. The van der Waals surface area contributed by atoms with E-state index in [2.05, 4.69) is 0 Å². The molecule has 1 unspecified atom stereocenters. The van der Waals surface area contributed by atoms with Crippen molar-refractivity contribution in [3.63, 3.8) is 0 Å². The maximum atomic E-state index is 12.7. The first kappa shape index (κ1) is 18.7. The number of nitro groups is 1. The zero-order valence-corrected chi connectivity index (χ0v) is 13.2. The van der Waals surface area contributed by atoms with Crippen LogP contribution in [0.5, 0.6) is 0 Å². The fourth-order valence-electron chi connectivity index (χ4n) is 2.80. The molecule has 1 aromatic carbocycles. The third-order valence-electron chi connectivity index (χ3n) is 4.25.